The lowest BCUT2D eigenvalue weighted by atomic mass is 10.0. The van der Waals surface area contributed by atoms with Crippen LogP contribution in [0, 0.1) is 6.92 Å². The van der Waals surface area contributed by atoms with Crippen LogP contribution in [0.1, 0.15) is 29.5 Å². The molecule has 1 atom stereocenters. The van der Waals surface area contributed by atoms with E-state index in [0.717, 1.165) is 16.7 Å². The highest BCUT2D eigenvalue weighted by Crippen LogP contribution is 2.09. The largest absolute Gasteiger partial charge is 0.481 e. The van der Waals surface area contributed by atoms with Crippen LogP contribution in [0.15, 0.2) is 54.6 Å². The fraction of sp³-hybridized carbons (Fsp3) is 0.300. The van der Waals surface area contributed by atoms with Crippen LogP contribution in [0.25, 0.3) is 0 Å². The third-order valence-corrected chi connectivity index (χ3v) is 4.07. The minimum absolute atomic E-state index is 0.0234. The van der Waals surface area contributed by atoms with Gasteiger partial charge in [0.25, 0.3) is 0 Å². The molecule has 1 unspecified atom stereocenters. The molecule has 2 aromatic carbocycles. The fourth-order valence-electron chi connectivity index (χ4n) is 2.64. The molecule has 0 saturated heterocycles. The maximum atomic E-state index is 12.2. The van der Waals surface area contributed by atoms with Gasteiger partial charge in [0.2, 0.25) is 0 Å². The van der Waals surface area contributed by atoms with Gasteiger partial charge in [0, 0.05) is 19.0 Å². The molecule has 132 valence electrons. The number of carbonyl (C=O) groups excluding carboxylic acids is 1. The molecule has 0 aliphatic heterocycles. The number of urea groups is 1. The molecule has 0 spiro atoms. The van der Waals surface area contributed by atoms with Crippen molar-refractivity contribution in [1.82, 2.24) is 10.6 Å². The van der Waals surface area contributed by atoms with E-state index >= 15 is 0 Å². The van der Waals surface area contributed by atoms with E-state index in [-0.39, 0.29) is 18.5 Å². The monoisotopic (exact) mass is 340 g/mol. The highest BCUT2D eigenvalue weighted by Gasteiger charge is 2.14. The van der Waals surface area contributed by atoms with Gasteiger partial charge >= 0.3 is 12.0 Å². The van der Waals surface area contributed by atoms with E-state index in [1.165, 1.54) is 0 Å². The van der Waals surface area contributed by atoms with Crippen molar-refractivity contribution >= 4 is 12.0 Å². The normalized spacial score (nSPS) is 11.6. The van der Waals surface area contributed by atoms with Crippen molar-refractivity contribution in [3.05, 3.63) is 71.3 Å². The van der Waals surface area contributed by atoms with E-state index in [1.807, 2.05) is 61.5 Å². The third-order valence-electron chi connectivity index (χ3n) is 4.07. The predicted molar refractivity (Wildman–Crippen MR) is 97.4 cm³/mol. The molecule has 2 amide bonds. The van der Waals surface area contributed by atoms with Gasteiger partial charge < -0.3 is 15.7 Å². The van der Waals surface area contributed by atoms with Crippen molar-refractivity contribution in [3.63, 3.8) is 0 Å². The Hall–Kier alpha value is -2.82. The zero-order valence-corrected chi connectivity index (χ0v) is 14.4. The molecule has 2 rings (SSSR count). The van der Waals surface area contributed by atoms with Crippen LogP contribution < -0.4 is 10.6 Å². The first kappa shape index (κ1) is 18.5. The van der Waals surface area contributed by atoms with Gasteiger partial charge in [-0.3, -0.25) is 4.79 Å². The first-order valence-electron chi connectivity index (χ1n) is 8.39. The maximum absolute atomic E-state index is 12.2. The summed E-state index contributed by atoms with van der Waals surface area (Å²) in [5.74, 6) is -0.861. The van der Waals surface area contributed by atoms with E-state index in [1.54, 1.807) is 0 Å². The number of aliphatic carboxylic acids is 1. The van der Waals surface area contributed by atoms with Crippen LogP contribution in [-0.4, -0.2) is 23.1 Å². The lowest BCUT2D eigenvalue weighted by Crippen LogP contribution is -2.43. The summed E-state index contributed by atoms with van der Waals surface area (Å²) in [5, 5.41) is 14.7. The molecule has 0 fully saturated rings. The predicted octanol–water partition coefficient (Wildman–Crippen LogP) is 3.27. The number of hydrogen-bond acceptors (Lipinski definition) is 2. The summed E-state index contributed by atoms with van der Waals surface area (Å²) >= 11 is 0. The maximum Gasteiger partial charge on any atom is 0.315 e. The Morgan fingerprint density at radius 2 is 1.72 bits per heavy atom. The molecule has 0 radical (unpaired) electrons. The van der Waals surface area contributed by atoms with Gasteiger partial charge in [-0.25, -0.2) is 4.79 Å². The zero-order chi connectivity index (χ0) is 18.1. The van der Waals surface area contributed by atoms with Crippen molar-refractivity contribution < 1.29 is 14.7 Å². The van der Waals surface area contributed by atoms with Crippen LogP contribution in [-0.2, 0) is 17.8 Å². The van der Waals surface area contributed by atoms with Gasteiger partial charge in [-0.1, -0.05) is 54.6 Å². The minimum Gasteiger partial charge on any atom is -0.481 e. The smallest absolute Gasteiger partial charge is 0.315 e. The van der Waals surface area contributed by atoms with E-state index in [9.17, 15) is 9.59 Å². The van der Waals surface area contributed by atoms with Crippen LogP contribution >= 0.6 is 0 Å². The summed E-state index contributed by atoms with van der Waals surface area (Å²) in [7, 11) is 0. The molecule has 0 aliphatic carbocycles. The van der Waals surface area contributed by atoms with Crippen molar-refractivity contribution in [1.29, 1.82) is 0 Å². The number of amides is 2. The van der Waals surface area contributed by atoms with Gasteiger partial charge in [0.1, 0.15) is 0 Å². The number of nitrogens with one attached hydrogen (secondary N) is 2. The Kier molecular flexibility index (Phi) is 7.01. The molecule has 25 heavy (non-hydrogen) atoms. The Balaban J connectivity index is 1.91. The van der Waals surface area contributed by atoms with Gasteiger partial charge in [-0.05, 0) is 36.5 Å². The van der Waals surface area contributed by atoms with Crippen LogP contribution in [0.5, 0.6) is 0 Å². The molecule has 0 bridgehead atoms. The number of carboxylic acid groups (broad SMARTS) is 1. The van der Waals surface area contributed by atoms with E-state index in [0.29, 0.717) is 19.4 Å². The fourth-order valence-corrected chi connectivity index (χ4v) is 2.64. The molecule has 0 aliphatic rings. The second-order valence-corrected chi connectivity index (χ2v) is 6.07. The molecule has 0 aromatic heterocycles. The number of hydrogen-bond donors (Lipinski definition) is 3. The zero-order valence-electron chi connectivity index (χ0n) is 14.4. The number of carbonyl (C=O) groups is 2. The van der Waals surface area contributed by atoms with Crippen molar-refractivity contribution in [2.75, 3.05) is 0 Å². The Bertz CT molecular complexity index is 701. The molecule has 0 saturated carbocycles. The van der Waals surface area contributed by atoms with E-state index < -0.39 is 5.97 Å². The Morgan fingerprint density at radius 1 is 1.04 bits per heavy atom. The molecule has 0 heterocycles. The number of carboxylic acids is 1. The SMILES string of the molecule is Cc1ccccc1CNC(=O)NC(CCC(=O)O)Cc1ccccc1. The van der Waals surface area contributed by atoms with Gasteiger partial charge in [-0.2, -0.15) is 0 Å². The first-order chi connectivity index (χ1) is 12.0. The van der Waals surface area contributed by atoms with Crippen LogP contribution in [0.4, 0.5) is 4.79 Å². The van der Waals surface area contributed by atoms with Crippen LogP contribution in [0.3, 0.4) is 0 Å². The lowest BCUT2D eigenvalue weighted by molar-refractivity contribution is -0.137. The molecule has 2 aromatic rings. The highest BCUT2D eigenvalue weighted by molar-refractivity contribution is 5.74. The molecular weight excluding hydrogens is 316 g/mol. The first-order valence-corrected chi connectivity index (χ1v) is 8.39. The van der Waals surface area contributed by atoms with Crippen molar-refractivity contribution in [3.8, 4) is 0 Å². The summed E-state index contributed by atoms with van der Waals surface area (Å²) in [4.78, 5) is 23.1. The summed E-state index contributed by atoms with van der Waals surface area (Å²) in [6, 6.07) is 17.1. The quantitative estimate of drug-likeness (QED) is 0.690. The highest BCUT2D eigenvalue weighted by atomic mass is 16.4. The van der Waals surface area contributed by atoms with E-state index in [4.69, 9.17) is 5.11 Å². The number of rotatable bonds is 8. The molecule has 5 nitrogen and oxygen atoms in total. The average Bonchev–Trinajstić information content (AvgIpc) is 2.60. The second-order valence-electron chi connectivity index (χ2n) is 6.07. The molecule has 3 N–H and O–H groups in total. The number of benzene rings is 2. The number of aryl methyl sites for hydroxylation is 1. The summed E-state index contributed by atoms with van der Waals surface area (Å²) in [6.07, 6.45) is 1.02. The summed E-state index contributed by atoms with van der Waals surface area (Å²) < 4.78 is 0. The standard InChI is InChI=1S/C20H24N2O3/c1-15-7-5-6-10-17(15)14-21-20(25)22-18(11-12-19(23)24)13-16-8-3-2-4-9-16/h2-10,18H,11-14H2,1H3,(H,23,24)(H2,21,22,25). The third kappa shape index (κ3) is 6.67. The summed E-state index contributed by atoms with van der Waals surface area (Å²) in [6.45, 7) is 2.44. The lowest BCUT2D eigenvalue weighted by Gasteiger charge is -2.19. The second kappa shape index (κ2) is 9.47. The average molecular weight is 340 g/mol. The van der Waals surface area contributed by atoms with Crippen LogP contribution in [0.2, 0.25) is 0 Å². The Labute approximate surface area is 148 Å². The minimum atomic E-state index is -0.861. The molecule has 5 heteroatoms. The van der Waals surface area contributed by atoms with Gasteiger partial charge in [-0.15, -0.1) is 0 Å². The molecular formula is C20H24N2O3. The van der Waals surface area contributed by atoms with Crippen molar-refractivity contribution in [2.24, 2.45) is 0 Å². The topological polar surface area (TPSA) is 78.4 Å². The Morgan fingerprint density at radius 3 is 2.40 bits per heavy atom. The van der Waals surface area contributed by atoms with E-state index in [2.05, 4.69) is 10.6 Å². The van der Waals surface area contributed by atoms with Gasteiger partial charge in [0.05, 0.1) is 0 Å². The summed E-state index contributed by atoms with van der Waals surface area (Å²) in [5.41, 5.74) is 3.24. The van der Waals surface area contributed by atoms with Gasteiger partial charge in [0.15, 0.2) is 0 Å². The van der Waals surface area contributed by atoms with Crippen molar-refractivity contribution in [2.45, 2.75) is 38.8 Å².